The molecule has 10 heteroatoms. The maximum atomic E-state index is 12.8. The zero-order chi connectivity index (χ0) is 18.6. The van der Waals surface area contributed by atoms with E-state index in [0.29, 0.717) is 37.6 Å². The number of hydrogen-bond donors (Lipinski definition) is 0. The van der Waals surface area contributed by atoms with Crippen molar-refractivity contribution in [3.05, 3.63) is 34.3 Å². The van der Waals surface area contributed by atoms with Crippen LogP contribution >= 0.6 is 0 Å². The minimum absolute atomic E-state index is 0.0544. The lowest BCUT2D eigenvalue weighted by Gasteiger charge is -2.47. The molecular weight excluding hydrogens is 338 g/mol. The molecule has 0 bridgehead atoms. The molecule has 2 fully saturated rings. The number of imidazole rings is 1. The van der Waals surface area contributed by atoms with Gasteiger partial charge in [-0.3, -0.25) is 18.8 Å². The normalized spacial score (nSPS) is 18.4. The van der Waals surface area contributed by atoms with Gasteiger partial charge in [0.05, 0.1) is 6.20 Å². The number of aromatic nitrogens is 5. The minimum atomic E-state index is -0.216. The summed E-state index contributed by atoms with van der Waals surface area (Å²) in [6, 6.07) is 0. The Labute approximate surface area is 149 Å². The quantitative estimate of drug-likeness (QED) is 0.674. The van der Waals surface area contributed by atoms with Gasteiger partial charge in [-0.25, -0.2) is 4.79 Å². The van der Waals surface area contributed by atoms with Crippen LogP contribution in [0.3, 0.4) is 0 Å². The zero-order valence-electron chi connectivity index (χ0n) is 15.0. The number of likely N-dealkylation sites (tertiary alicyclic amines) is 2. The summed E-state index contributed by atoms with van der Waals surface area (Å²) in [5.74, 6) is -0.264. The van der Waals surface area contributed by atoms with Crippen molar-refractivity contribution in [2.24, 2.45) is 26.6 Å². The highest BCUT2D eigenvalue weighted by Crippen LogP contribution is 2.40. The van der Waals surface area contributed by atoms with Gasteiger partial charge in [-0.05, 0) is 6.42 Å². The molecule has 0 aliphatic carbocycles. The van der Waals surface area contributed by atoms with E-state index in [1.165, 1.54) is 13.8 Å². The van der Waals surface area contributed by atoms with Crippen LogP contribution in [-0.4, -0.2) is 71.9 Å². The molecule has 138 valence electrons. The summed E-state index contributed by atoms with van der Waals surface area (Å²) >= 11 is 0. The lowest BCUT2D eigenvalue weighted by atomic mass is 9.79. The fourth-order valence-electron chi connectivity index (χ4n) is 3.91. The van der Waals surface area contributed by atoms with Gasteiger partial charge in [0.2, 0.25) is 0 Å². The number of amides is 2. The molecule has 2 aromatic heterocycles. The van der Waals surface area contributed by atoms with Crippen LogP contribution in [0.4, 0.5) is 0 Å². The molecule has 2 aromatic rings. The molecule has 0 aromatic carbocycles. The Hall–Kier alpha value is -2.91. The Bertz CT molecular complexity index is 947. The van der Waals surface area contributed by atoms with E-state index >= 15 is 0 Å². The summed E-state index contributed by atoms with van der Waals surface area (Å²) in [6.07, 6.45) is 4.03. The molecule has 0 N–H and O–H groups in total. The van der Waals surface area contributed by atoms with Crippen LogP contribution in [0.2, 0.25) is 0 Å². The van der Waals surface area contributed by atoms with E-state index in [9.17, 15) is 14.4 Å². The van der Waals surface area contributed by atoms with E-state index in [1.807, 2.05) is 0 Å². The van der Waals surface area contributed by atoms with Crippen molar-refractivity contribution in [3.63, 3.8) is 0 Å². The molecule has 1 spiro atoms. The molecule has 0 radical (unpaired) electrons. The van der Waals surface area contributed by atoms with Crippen LogP contribution in [0.5, 0.6) is 0 Å². The number of aryl methyl sites for hydroxylation is 2. The largest absolute Gasteiger partial charge is 0.337 e. The number of carbonyl (C=O) groups is 2. The van der Waals surface area contributed by atoms with Crippen molar-refractivity contribution >= 4 is 11.8 Å². The second-order valence-electron chi connectivity index (χ2n) is 7.38. The molecule has 4 rings (SSSR count). The van der Waals surface area contributed by atoms with Gasteiger partial charge >= 0.3 is 5.69 Å². The van der Waals surface area contributed by atoms with E-state index in [0.717, 1.165) is 6.42 Å². The van der Waals surface area contributed by atoms with Crippen LogP contribution in [0.1, 0.15) is 27.4 Å². The highest BCUT2D eigenvalue weighted by atomic mass is 16.2. The fourth-order valence-corrected chi connectivity index (χ4v) is 3.91. The highest BCUT2D eigenvalue weighted by molar-refractivity contribution is 5.93. The van der Waals surface area contributed by atoms with Gasteiger partial charge in [0.15, 0.2) is 5.69 Å². The first kappa shape index (κ1) is 16.6. The number of hydrogen-bond acceptors (Lipinski definition) is 5. The molecule has 0 atom stereocenters. The van der Waals surface area contributed by atoms with E-state index in [1.54, 1.807) is 43.3 Å². The monoisotopic (exact) mass is 359 g/mol. The zero-order valence-corrected chi connectivity index (χ0v) is 15.0. The third-order valence-electron chi connectivity index (χ3n) is 5.37. The van der Waals surface area contributed by atoms with Gasteiger partial charge in [0.1, 0.15) is 5.69 Å². The Kier molecular flexibility index (Phi) is 3.53. The lowest BCUT2D eigenvalue weighted by Crippen LogP contribution is -2.59. The number of rotatable bonds is 2. The SMILES string of the molecule is Cn1cc(C(=O)N2CC3(CCN(C(=O)c4cn(C)c(=O)n4C)C3)C2)nn1. The van der Waals surface area contributed by atoms with Gasteiger partial charge in [-0.1, -0.05) is 5.21 Å². The summed E-state index contributed by atoms with van der Waals surface area (Å²) in [5.41, 5.74) is 0.460. The Morgan fingerprint density at radius 3 is 2.31 bits per heavy atom. The molecule has 2 aliphatic rings. The summed E-state index contributed by atoms with van der Waals surface area (Å²) in [4.78, 5) is 40.5. The molecule has 0 saturated carbocycles. The first-order chi connectivity index (χ1) is 12.3. The minimum Gasteiger partial charge on any atom is -0.337 e. The van der Waals surface area contributed by atoms with E-state index < -0.39 is 0 Å². The average Bonchev–Trinajstić information content (AvgIpc) is 3.27. The fraction of sp³-hybridized carbons (Fsp3) is 0.562. The van der Waals surface area contributed by atoms with Crippen molar-refractivity contribution in [1.82, 2.24) is 33.9 Å². The maximum absolute atomic E-state index is 12.8. The molecule has 0 unspecified atom stereocenters. The second kappa shape index (κ2) is 5.55. The first-order valence-corrected chi connectivity index (χ1v) is 8.47. The van der Waals surface area contributed by atoms with Crippen molar-refractivity contribution in [2.45, 2.75) is 6.42 Å². The third kappa shape index (κ3) is 2.44. The molecule has 2 amide bonds. The molecular formula is C16H21N7O3. The summed E-state index contributed by atoms with van der Waals surface area (Å²) in [7, 11) is 4.96. The van der Waals surface area contributed by atoms with Gasteiger partial charge in [-0.15, -0.1) is 5.10 Å². The molecule has 2 saturated heterocycles. The topological polar surface area (TPSA) is 98.3 Å². The van der Waals surface area contributed by atoms with Crippen LogP contribution in [0, 0.1) is 5.41 Å². The highest BCUT2D eigenvalue weighted by Gasteiger charge is 2.50. The lowest BCUT2D eigenvalue weighted by molar-refractivity contribution is 0.0105. The van der Waals surface area contributed by atoms with E-state index in [4.69, 9.17) is 0 Å². The second-order valence-corrected chi connectivity index (χ2v) is 7.38. The maximum Gasteiger partial charge on any atom is 0.328 e. The number of carbonyl (C=O) groups excluding carboxylic acids is 2. The molecule has 10 nitrogen and oxygen atoms in total. The smallest absolute Gasteiger partial charge is 0.328 e. The Balaban J connectivity index is 1.42. The van der Waals surface area contributed by atoms with E-state index in [2.05, 4.69) is 10.3 Å². The standard InChI is InChI=1S/C16H21N7O3/c1-19-7-12(21(3)15(19)26)14(25)22-5-4-16(8-22)9-23(10-16)13(24)11-6-20(2)18-17-11/h6-7H,4-5,8-10H2,1-3H3. The van der Waals surface area contributed by atoms with Crippen molar-refractivity contribution in [1.29, 1.82) is 0 Å². The van der Waals surface area contributed by atoms with Crippen LogP contribution in [0.25, 0.3) is 0 Å². The third-order valence-corrected chi connectivity index (χ3v) is 5.37. The Morgan fingerprint density at radius 1 is 1.04 bits per heavy atom. The summed E-state index contributed by atoms with van der Waals surface area (Å²) < 4.78 is 4.28. The van der Waals surface area contributed by atoms with Crippen LogP contribution < -0.4 is 5.69 Å². The van der Waals surface area contributed by atoms with Gasteiger partial charge in [0, 0.05) is 58.9 Å². The molecule has 26 heavy (non-hydrogen) atoms. The number of nitrogens with zero attached hydrogens (tertiary/aromatic N) is 7. The predicted octanol–water partition coefficient (Wildman–Crippen LogP) is -1.16. The molecule has 2 aliphatic heterocycles. The predicted molar refractivity (Wildman–Crippen MR) is 90.5 cm³/mol. The van der Waals surface area contributed by atoms with Gasteiger partial charge < -0.3 is 14.4 Å². The van der Waals surface area contributed by atoms with Crippen molar-refractivity contribution in [2.75, 3.05) is 26.2 Å². The van der Waals surface area contributed by atoms with Crippen LogP contribution in [0.15, 0.2) is 17.2 Å². The van der Waals surface area contributed by atoms with Crippen molar-refractivity contribution < 1.29 is 9.59 Å². The summed E-state index contributed by atoms with van der Waals surface area (Å²) in [5, 5.41) is 7.65. The first-order valence-electron chi connectivity index (χ1n) is 8.47. The summed E-state index contributed by atoms with van der Waals surface area (Å²) in [6.45, 7) is 2.45. The van der Waals surface area contributed by atoms with Gasteiger partial charge in [0.25, 0.3) is 11.8 Å². The van der Waals surface area contributed by atoms with E-state index in [-0.39, 0.29) is 22.9 Å². The van der Waals surface area contributed by atoms with Crippen LogP contribution in [-0.2, 0) is 21.1 Å². The average molecular weight is 359 g/mol. The van der Waals surface area contributed by atoms with Crippen molar-refractivity contribution in [3.8, 4) is 0 Å². The molecule has 4 heterocycles. The van der Waals surface area contributed by atoms with Gasteiger partial charge in [-0.2, -0.15) is 0 Å². The Morgan fingerprint density at radius 2 is 1.73 bits per heavy atom.